The van der Waals surface area contributed by atoms with E-state index in [2.05, 4.69) is 4.74 Å². The SMILES string of the molecule is CCOC(=O)CSCCC(F)(F)C(F)(F)C(F)(F)C(F)(F)F. The van der Waals surface area contributed by atoms with Crippen molar-refractivity contribution in [3.05, 3.63) is 0 Å². The molecule has 0 saturated heterocycles. The summed E-state index contributed by atoms with van der Waals surface area (Å²) >= 11 is 0.348. The Labute approximate surface area is 123 Å². The van der Waals surface area contributed by atoms with Gasteiger partial charge in [0.05, 0.1) is 12.4 Å². The second kappa shape index (κ2) is 7.18. The van der Waals surface area contributed by atoms with Crippen LogP contribution >= 0.6 is 11.8 Å². The Kier molecular flexibility index (Phi) is 6.91. The first kappa shape index (κ1) is 21.2. The normalized spacial score (nSPS) is 14.1. The number of esters is 1. The van der Waals surface area contributed by atoms with Crippen LogP contribution in [0, 0.1) is 0 Å². The van der Waals surface area contributed by atoms with Crippen molar-refractivity contribution < 1.29 is 49.0 Å². The summed E-state index contributed by atoms with van der Waals surface area (Å²) in [5.41, 5.74) is 0. The van der Waals surface area contributed by atoms with Gasteiger partial charge in [-0.25, -0.2) is 0 Å². The first-order chi connectivity index (χ1) is 9.70. The molecular formula is C10H11F9O2S. The molecule has 132 valence electrons. The van der Waals surface area contributed by atoms with Gasteiger partial charge in [-0.05, 0) is 12.7 Å². The molecule has 0 unspecified atom stereocenters. The third-order valence-corrected chi connectivity index (χ3v) is 3.23. The summed E-state index contributed by atoms with van der Waals surface area (Å²) in [6.07, 6.45) is -8.78. The standard InChI is InChI=1S/C10H11F9O2S/c1-2-21-6(20)5-22-4-3-7(11,12)8(13,14)9(15,16)10(17,18)19/h2-5H2,1H3. The van der Waals surface area contributed by atoms with Gasteiger partial charge in [0.25, 0.3) is 0 Å². The lowest BCUT2D eigenvalue weighted by Crippen LogP contribution is -2.60. The van der Waals surface area contributed by atoms with E-state index in [9.17, 15) is 44.3 Å². The molecule has 0 aliphatic rings. The Bertz CT molecular complexity index is 381. The maximum atomic E-state index is 13.0. The van der Waals surface area contributed by atoms with Crippen LogP contribution in [0.2, 0.25) is 0 Å². The predicted molar refractivity (Wildman–Crippen MR) is 59.5 cm³/mol. The molecule has 0 spiro atoms. The molecule has 22 heavy (non-hydrogen) atoms. The molecule has 0 saturated carbocycles. The van der Waals surface area contributed by atoms with Crippen LogP contribution in [0.3, 0.4) is 0 Å². The van der Waals surface area contributed by atoms with Gasteiger partial charge in [-0.15, -0.1) is 11.8 Å². The molecule has 0 heterocycles. The fourth-order valence-corrected chi connectivity index (χ4v) is 1.92. The third kappa shape index (κ3) is 4.59. The molecular weight excluding hydrogens is 355 g/mol. The molecule has 0 rings (SSSR count). The van der Waals surface area contributed by atoms with E-state index in [-0.39, 0.29) is 6.61 Å². The molecule has 2 nitrogen and oxygen atoms in total. The number of rotatable bonds is 8. The molecule has 12 heteroatoms. The molecule has 0 radical (unpaired) electrons. The van der Waals surface area contributed by atoms with E-state index >= 15 is 0 Å². The number of thioether (sulfide) groups is 1. The summed E-state index contributed by atoms with van der Waals surface area (Å²) < 4.78 is 117. The van der Waals surface area contributed by atoms with Crippen LogP contribution < -0.4 is 0 Å². The zero-order chi connectivity index (χ0) is 17.8. The van der Waals surface area contributed by atoms with Crippen molar-refractivity contribution in [2.45, 2.75) is 37.3 Å². The molecule has 0 aromatic heterocycles. The summed E-state index contributed by atoms with van der Waals surface area (Å²) in [4.78, 5) is 10.8. The van der Waals surface area contributed by atoms with E-state index in [0.29, 0.717) is 11.8 Å². The monoisotopic (exact) mass is 366 g/mol. The molecule has 0 aliphatic carbocycles. The minimum Gasteiger partial charge on any atom is -0.465 e. The van der Waals surface area contributed by atoms with Gasteiger partial charge in [-0.3, -0.25) is 4.79 Å². The Morgan fingerprint density at radius 3 is 1.86 bits per heavy atom. The van der Waals surface area contributed by atoms with Crippen LogP contribution in [-0.4, -0.2) is 48.0 Å². The summed E-state index contributed by atoms with van der Waals surface area (Å²) in [5.74, 6) is -21.4. The lowest BCUT2D eigenvalue weighted by atomic mass is 10.0. The lowest BCUT2D eigenvalue weighted by Gasteiger charge is -2.33. The maximum Gasteiger partial charge on any atom is 0.460 e. The molecule has 0 aliphatic heterocycles. The van der Waals surface area contributed by atoms with E-state index in [1.165, 1.54) is 6.92 Å². The lowest BCUT2D eigenvalue weighted by molar-refractivity contribution is -0.396. The maximum absolute atomic E-state index is 13.0. The van der Waals surface area contributed by atoms with Gasteiger partial charge in [0.1, 0.15) is 0 Å². The molecule has 0 aromatic carbocycles. The summed E-state index contributed by atoms with van der Waals surface area (Å²) in [6, 6.07) is 0. The van der Waals surface area contributed by atoms with Crippen LogP contribution in [0.4, 0.5) is 39.5 Å². The fraction of sp³-hybridized carbons (Fsp3) is 0.900. The number of alkyl halides is 9. The number of ether oxygens (including phenoxy) is 1. The largest absolute Gasteiger partial charge is 0.465 e. The van der Waals surface area contributed by atoms with Gasteiger partial charge in [-0.2, -0.15) is 39.5 Å². The van der Waals surface area contributed by atoms with E-state index in [4.69, 9.17) is 0 Å². The van der Waals surface area contributed by atoms with Crippen molar-refractivity contribution in [1.29, 1.82) is 0 Å². The van der Waals surface area contributed by atoms with Crippen molar-refractivity contribution in [2.75, 3.05) is 18.1 Å². The van der Waals surface area contributed by atoms with Crippen molar-refractivity contribution in [3.63, 3.8) is 0 Å². The molecule has 0 bridgehead atoms. The Balaban J connectivity index is 4.75. The third-order valence-electron chi connectivity index (χ3n) is 2.30. The minimum atomic E-state index is -6.88. The predicted octanol–water partition coefficient (Wildman–Crippen LogP) is 4.14. The zero-order valence-electron chi connectivity index (χ0n) is 11.0. The summed E-state index contributed by atoms with van der Waals surface area (Å²) in [7, 11) is 0. The van der Waals surface area contributed by atoms with Gasteiger partial charge in [0.15, 0.2) is 0 Å². The van der Waals surface area contributed by atoms with Crippen LogP contribution in [0.15, 0.2) is 0 Å². The smallest absolute Gasteiger partial charge is 0.460 e. The van der Waals surface area contributed by atoms with Gasteiger partial charge < -0.3 is 4.74 Å². The Morgan fingerprint density at radius 2 is 1.45 bits per heavy atom. The van der Waals surface area contributed by atoms with Crippen molar-refractivity contribution in [1.82, 2.24) is 0 Å². The summed E-state index contributed by atoms with van der Waals surface area (Å²) in [6.45, 7) is 1.42. The molecule has 0 fully saturated rings. The molecule has 0 N–H and O–H groups in total. The fourth-order valence-electron chi connectivity index (χ4n) is 1.12. The van der Waals surface area contributed by atoms with Gasteiger partial charge >= 0.3 is 29.9 Å². The van der Waals surface area contributed by atoms with Crippen LogP contribution in [-0.2, 0) is 9.53 Å². The van der Waals surface area contributed by atoms with Gasteiger partial charge in [0, 0.05) is 6.42 Å². The van der Waals surface area contributed by atoms with E-state index in [0.717, 1.165) is 0 Å². The second-order valence-electron chi connectivity index (χ2n) is 3.96. The highest BCUT2D eigenvalue weighted by Crippen LogP contribution is 2.54. The number of carbonyl (C=O) groups excluding carboxylic acids is 1. The van der Waals surface area contributed by atoms with Crippen LogP contribution in [0.5, 0.6) is 0 Å². The number of halogens is 9. The van der Waals surface area contributed by atoms with Gasteiger partial charge in [0.2, 0.25) is 0 Å². The highest BCUT2D eigenvalue weighted by atomic mass is 32.2. The average Bonchev–Trinajstić information content (AvgIpc) is 2.33. The van der Waals surface area contributed by atoms with Crippen molar-refractivity contribution in [3.8, 4) is 0 Å². The molecule has 0 atom stereocenters. The average molecular weight is 366 g/mol. The Hall–Kier alpha value is -0.810. The van der Waals surface area contributed by atoms with Crippen molar-refractivity contribution >= 4 is 17.7 Å². The van der Waals surface area contributed by atoms with Crippen LogP contribution in [0.25, 0.3) is 0 Å². The summed E-state index contributed by atoms with van der Waals surface area (Å²) in [5, 5.41) is 0. The second-order valence-corrected chi connectivity index (χ2v) is 5.06. The number of hydrogen-bond donors (Lipinski definition) is 0. The van der Waals surface area contributed by atoms with Crippen LogP contribution in [0.1, 0.15) is 13.3 Å². The molecule has 0 amide bonds. The van der Waals surface area contributed by atoms with Crippen molar-refractivity contribution in [2.24, 2.45) is 0 Å². The number of hydrogen-bond acceptors (Lipinski definition) is 3. The Morgan fingerprint density at radius 1 is 0.955 bits per heavy atom. The topological polar surface area (TPSA) is 26.3 Å². The highest BCUT2D eigenvalue weighted by molar-refractivity contribution is 7.99. The van der Waals surface area contributed by atoms with E-state index in [1.807, 2.05) is 0 Å². The molecule has 0 aromatic rings. The quantitative estimate of drug-likeness (QED) is 0.367. The minimum absolute atomic E-state index is 0.0224. The zero-order valence-corrected chi connectivity index (χ0v) is 11.8. The first-order valence-electron chi connectivity index (χ1n) is 5.64. The number of carbonyl (C=O) groups is 1. The highest BCUT2D eigenvalue weighted by Gasteiger charge is 2.81. The first-order valence-corrected chi connectivity index (χ1v) is 6.79. The van der Waals surface area contributed by atoms with E-state index in [1.54, 1.807) is 0 Å². The van der Waals surface area contributed by atoms with Gasteiger partial charge in [-0.1, -0.05) is 0 Å². The van der Waals surface area contributed by atoms with E-state index < -0.39 is 47.8 Å².